The van der Waals surface area contributed by atoms with Gasteiger partial charge in [-0.05, 0) is 213 Å². The standard InChI is InChI=1S/C13H20O4.C12H18O3.C11H16O4.2C10H14O2.2C9H12F2O2.C6H7NO.Li.H2O/c1-2-15-11(14)10-9-12(10)3-5-13(6-4-12)16-7-8-17-13;1-9(13)10-8-11(10)2-4-12(5-3-11)14-6-7-15-12;12-9(13)8-7-10(8)1-3-11(4-2-10)14-5-6-15-11;2*1-7(11)9-6-10(9)4-2-8(12)3-5-10;2*10-9(11)3-1-8(2-4-9)5-6(8)7(12)13;8-5-6-3-1-2-4-7-6;;/h10H,2-9H2,1H3;10H,2-8H2,1H3;8H,1-7H2,(H,12,13);2*9H,2-6H2,1H3;2*6H,1-5H2,(H,12,13);1-4,8H,5H2;;1H2/q;;;;;;;;+1;/p-1. The molecule has 1 aromatic rings. The Morgan fingerprint density at radius 2 is 0.664 bits per heavy atom. The number of hydrogen-bond donors (Lipinski definition) is 4. The zero-order chi connectivity index (χ0) is 75.7. The van der Waals surface area contributed by atoms with E-state index >= 15 is 0 Å². The van der Waals surface area contributed by atoms with E-state index in [1.54, 1.807) is 33.0 Å². The predicted molar refractivity (Wildman–Crippen MR) is 371 cm³/mol. The average molecular weight is 1510 g/mol. The third-order valence-corrected chi connectivity index (χ3v) is 28.2. The molecule has 0 amide bonds. The number of halogens is 4. The minimum Gasteiger partial charge on any atom is -0.870 e. The molecule has 14 aliphatic carbocycles. The molecule has 7 unspecified atom stereocenters. The minimum absolute atomic E-state index is 0. The number of ether oxygens (including phenoxy) is 7. The Morgan fingerprint density at radius 1 is 0.411 bits per heavy atom. The van der Waals surface area contributed by atoms with Crippen LogP contribution in [0.2, 0.25) is 0 Å². The van der Waals surface area contributed by atoms with Crippen molar-refractivity contribution in [2.75, 3.05) is 46.2 Å². The maximum atomic E-state index is 12.8. The summed E-state index contributed by atoms with van der Waals surface area (Å²) in [6.07, 6.45) is 27.5. The Morgan fingerprint density at radius 3 is 0.888 bits per heavy atom. The summed E-state index contributed by atoms with van der Waals surface area (Å²) in [5, 5.41) is 34.9. The molecule has 0 bridgehead atoms. The molecule has 5 N–H and O–H groups in total. The molecular formula is C80H114F4LiNO21. The molecule has 0 aromatic carbocycles. The fourth-order valence-corrected chi connectivity index (χ4v) is 20.2. The summed E-state index contributed by atoms with van der Waals surface area (Å²) in [6, 6.07) is 5.44. The molecule has 107 heavy (non-hydrogen) atoms. The third-order valence-electron chi connectivity index (χ3n) is 28.2. The second-order valence-corrected chi connectivity index (χ2v) is 34.5. The first kappa shape index (κ1) is 86.4. The second kappa shape index (κ2) is 34.0. The quantitative estimate of drug-likeness (QED) is 0.101. The summed E-state index contributed by atoms with van der Waals surface area (Å²) < 4.78 is 90.2. The number of nitrogens with zero attached hydrogens (tertiary/aromatic N) is 1. The van der Waals surface area contributed by atoms with Crippen molar-refractivity contribution < 1.29 is 139 Å². The number of aliphatic carboxylic acids is 3. The number of esters is 1. The van der Waals surface area contributed by atoms with Crippen molar-refractivity contribution in [3.63, 3.8) is 0 Å². The summed E-state index contributed by atoms with van der Waals surface area (Å²) in [6.45, 7) is 11.8. The number of Topliss-reactive ketones (excluding diaryl/α,β-unsaturated/α-hetero) is 5. The number of ketones is 5. The van der Waals surface area contributed by atoms with E-state index in [-0.39, 0.29) is 136 Å². The van der Waals surface area contributed by atoms with Gasteiger partial charge in [-0.15, -0.1) is 0 Å². The first-order chi connectivity index (χ1) is 49.6. The Kier molecular flexibility index (Phi) is 27.4. The number of aliphatic hydroxyl groups excluding tert-OH is 1. The number of carbonyl (C=O) groups is 9. The van der Waals surface area contributed by atoms with Crippen LogP contribution in [0.1, 0.15) is 258 Å². The molecule has 594 valence electrons. The van der Waals surface area contributed by atoms with Gasteiger partial charge >= 0.3 is 42.7 Å². The van der Waals surface area contributed by atoms with Crippen LogP contribution in [0.15, 0.2) is 24.4 Å². The first-order valence-electron chi connectivity index (χ1n) is 39.1. The summed E-state index contributed by atoms with van der Waals surface area (Å²) >= 11 is 0. The van der Waals surface area contributed by atoms with Crippen LogP contribution in [0.4, 0.5) is 17.6 Å². The fourth-order valence-electron chi connectivity index (χ4n) is 20.2. The Hall–Kier alpha value is -4.62. The second-order valence-electron chi connectivity index (χ2n) is 34.5. The molecule has 3 aliphatic heterocycles. The molecular weight excluding hydrogens is 1390 g/mol. The fraction of sp³-hybridized carbons (Fsp3) is 0.825. The smallest absolute Gasteiger partial charge is 0.870 e. The Labute approximate surface area is 637 Å². The van der Waals surface area contributed by atoms with Crippen LogP contribution in [0, 0.1) is 79.3 Å². The minimum atomic E-state index is -2.54. The number of aliphatic hydroxyl groups is 1. The van der Waals surface area contributed by atoms with E-state index in [0.717, 1.165) is 148 Å². The van der Waals surface area contributed by atoms with Gasteiger partial charge in [-0.1, -0.05) is 6.07 Å². The zero-order valence-electron chi connectivity index (χ0n) is 63.5. The van der Waals surface area contributed by atoms with Gasteiger partial charge in [0.25, 0.3) is 0 Å². The van der Waals surface area contributed by atoms with Crippen molar-refractivity contribution in [3.05, 3.63) is 30.1 Å². The number of carboxylic acids is 3. The van der Waals surface area contributed by atoms with E-state index in [9.17, 15) is 60.7 Å². The Bertz CT molecular complexity index is 3120. The Balaban J connectivity index is 0.000000142. The number of alkyl halides is 4. The van der Waals surface area contributed by atoms with Crippen LogP contribution in [0.25, 0.3) is 0 Å². The monoisotopic (exact) mass is 1510 g/mol. The van der Waals surface area contributed by atoms with Crippen molar-refractivity contribution in [1.82, 2.24) is 4.98 Å². The molecule has 17 aliphatic rings. The molecule has 4 heterocycles. The molecule has 27 heteroatoms. The maximum Gasteiger partial charge on any atom is 1.00 e. The van der Waals surface area contributed by atoms with Gasteiger partial charge in [0.15, 0.2) is 17.4 Å². The number of aromatic nitrogens is 1. The number of pyridine rings is 1. The first-order valence-corrected chi connectivity index (χ1v) is 39.1. The van der Waals surface area contributed by atoms with Crippen LogP contribution >= 0.6 is 0 Å². The topological polar surface area (TPSA) is 342 Å². The molecule has 18 rings (SSSR count). The molecule has 14 saturated carbocycles. The number of carbonyl (C=O) groups excluding carboxylic acids is 6. The van der Waals surface area contributed by atoms with Gasteiger partial charge in [-0.2, -0.15) is 0 Å². The predicted octanol–water partition coefficient (Wildman–Crippen LogP) is 10.6. The largest absolute Gasteiger partial charge is 1.00 e. The molecule has 7 atom stereocenters. The normalized spacial score (nSPS) is 31.5. The van der Waals surface area contributed by atoms with Gasteiger partial charge in [0, 0.05) is 114 Å². The van der Waals surface area contributed by atoms with Crippen LogP contribution in [0.3, 0.4) is 0 Å². The number of carboxylic acid groups (broad SMARTS) is 3. The van der Waals surface area contributed by atoms with Crippen LogP contribution in [-0.4, -0.2) is 159 Å². The summed E-state index contributed by atoms with van der Waals surface area (Å²) in [7, 11) is 0. The zero-order valence-corrected chi connectivity index (χ0v) is 63.5. The van der Waals surface area contributed by atoms with Crippen LogP contribution in [0.5, 0.6) is 0 Å². The van der Waals surface area contributed by atoms with Gasteiger partial charge < -0.3 is 59.1 Å². The van der Waals surface area contributed by atoms with Crippen molar-refractivity contribution in [1.29, 1.82) is 0 Å². The van der Waals surface area contributed by atoms with Crippen LogP contribution in [-0.2, 0) is 82.9 Å². The molecule has 1 aromatic heterocycles. The van der Waals surface area contributed by atoms with E-state index in [1.165, 1.54) is 0 Å². The van der Waals surface area contributed by atoms with Gasteiger partial charge in [0.05, 0.1) is 82.2 Å². The van der Waals surface area contributed by atoms with Crippen molar-refractivity contribution in [2.45, 2.75) is 288 Å². The molecule has 17 fully saturated rings. The molecule has 22 nitrogen and oxygen atoms in total. The van der Waals surface area contributed by atoms with Crippen molar-refractivity contribution in [3.8, 4) is 0 Å². The summed E-state index contributed by atoms with van der Waals surface area (Å²) in [5.74, 6) is -6.20. The van der Waals surface area contributed by atoms with E-state index < -0.39 is 29.8 Å². The number of rotatable bonds is 9. The van der Waals surface area contributed by atoms with Crippen molar-refractivity contribution in [2.24, 2.45) is 79.3 Å². The van der Waals surface area contributed by atoms with E-state index in [4.69, 9.17) is 53.6 Å². The maximum absolute atomic E-state index is 12.8. The molecule has 0 radical (unpaired) electrons. The SMILES string of the molecule is CC(=O)C1CC12CCC(=O)CC2.CC(=O)C1CC12CCC(=O)CC2.CC(=O)C1CC12CCC1(CC2)OCCO1.CCOC(=O)C1CC12CCC1(CC2)OCCO1.O=C(O)C1CC12CCC(F)(F)CC2.O=C(O)C1CC12CCC(F)(F)CC2.O=C(O)C1CC12CCC1(CC2)OCCO1.OCc1ccccn1.[Li+].[OH-]. The van der Waals surface area contributed by atoms with Gasteiger partial charge in [0.1, 0.15) is 28.9 Å². The van der Waals surface area contributed by atoms with Gasteiger partial charge in [-0.3, -0.25) is 48.1 Å². The molecule has 10 spiro atoms. The number of hydrogen-bond acceptors (Lipinski definition) is 19. The average Bonchev–Trinajstić information content (AvgIpc) is 1.59. The van der Waals surface area contributed by atoms with Gasteiger partial charge in [0.2, 0.25) is 11.8 Å². The molecule has 3 saturated heterocycles. The summed E-state index contributed by atoms with van der Waals surface area (Å²) in [4.78, 5) is 103. The summed E-state index contributed by atoms with van der Waals surface area (Å²) in [5.41, 5.74) is 1.40. The van der Waals surface area contributed by atoms with E-state index in [1.807, 2.05) is 19.1 Å². The van der Waals surface area contributed by atoms with Crippen molar-refractivity contribution >= 4 is 52.8 Å². The van der Waals surface area contributed by atoms with Gasteiger partial charge in [-0.25, -0.2) is 17.6 Å². The third kappa shape index (κ3) is 20.6. The van der Waals surface area contributed by atoms with E-state index in [2.05, 4.69) is 4.98 Å². The van der Waals surface area contributed by atoms with E-state index in [0.29, 0.717) is 155 Å². The van der Waals surface area contributed by atoms with Crippen LogP contribution < -0.4 is 18.9 Å².